The highest BCUT2D eigenvalue weighted by Gasteiger charge is 2.28. The van der Waals surface area contributed by atoms with Gasteiger partial charge in [-0.3, -0.25) is 9.69 Å². The zero-order chi connectivity index (χ0) is 14.9. The van der Waals surface area contributed by atoms with Gasteiger partial charge in [-0.25, -0.2) is 8.42 Å². The van der Waals surface area contributed by atoms with E-state index in [1.165, 1.54) is 13.0 Å². The van der Waals surface area contributed by atoms with Crippen molar-refractivity contribution in [2.75, 3.05) is 18.1 Å². The lowest BCUT2D eigenvalue weighted by molar-refractivity contribution is 0.101. The van der Waals surface area contributed by atoms with Gasteiger partial charge in [0.1, 0.15) is 5.75 Å². The first-order chi connectivity index (χ1) is 9.28. The molecule has 1 aliphatic rings. The summed E-state index contributed by atoms with van der Waals surface area (Å²) in [7, 11) is -2.95. The van der Waals surface area contributed by atoms with E-state index >= 15 is 0 Å². The van der Waals surface area contributed by atoms with Gasteiger partial charge >= 0.3 is 0 Å². The third kappa shape index (κ3) is 3.37. The molecule has 6 heteroatoms. The van der Waals surface area contributed by atoms with Crippen LogP contribution in [-0.4, -0.2) is 48.3 Å². The number of carbonyl (C=O) groups excluding carboxylic acids is 1. The van der Waals surface area contributed by atoms with E-state index in [-0.39, 0.29) is 29.1 Å². The smallest absolute Gasteiger partial charge is 0.159 e. The third-order valence-corrected chi connectivity index (χ3v) is 5.46. The molecule has 0 aliphatic carbocycles. The molecule has 1 N–H and O–H groups in total. The molecule has 20 heavy (non-hydrogen) atoms. The van der Waals surface area contributed by atoms with E-state index in [9.17, 15) is 18.3 Å². The molecule has 1 saturated heterocycles. The van der Waals surface area contributed by atoms with Crippen LogP contribution in [0.3, 0.4) is 0 Å². The number of aromatic hydroxyl groups is 1. The average Bonchev–Trinajstić information content (AvgIpc) is 2.34. The summed E-state index contributed by atoms with van der Waals surface area (Å²) in [5, 5.41) is 9.88. The molecule has 1 unspecified atom stereocenters. The molecule has 0 amide bonds. The lowest BCUT2D eigenvalue weighted by Crippen LogP contribution is -2.46. The lowest BCUT2D eigenvalue weighted by Gasteiger charge is -2.33. The number of hydrogen-bond acceptors (Lipinski definition) is 5. The van der Waals surface area contributed by atoms with E-state index in [4.69, 9.17) is 0 Å². The molecule has 0 saturated carbocycles. The van der Waals surface area contributed by atoms with Gasteiger partial charge in [0, 0.05) is 30.3 Å². The van der Waals surface area contributed by atoms with Crippen LogP contribution in [0.2, 0.25) is 0 Å². The predicted molar refractivity (Wildman–Crippen MR) is 76.6 cm³/mol. The summed E-state index contributed by atoms with van der Waals surface area (Å²) in [6, 6.07) is 4.69. The number of phenols is 1. The normalized spacial score (nSPS) is 22.6. The van der Waals surface area contributed by atoms with Crippen molar-refractivity contribution in [3.8, 4) is 5.75 Å². The molecule has 0 spiro atoms. The van der Waals surface area contributed by atoms with Gasteiger partial charge in [-0.15, -0.1) is 0 Å². The second kappa shape index (κ2) is 5.54. The Hall–Kier alpha value is -1.40. The SMILES string of the molecule is CC(=O)c1ccc(O)c(CN2CCS(=O)(=O)CC2C)c1. The largest absolute Gasteiger partial charge is 0.508 e. The molecular formula is C14H19NO4S. The standard InChI is InChI=1S/C14H19NO4S/c1-10-9-20(18,19)6-5-15(10)8-13-7-12(11(2)16)3-4-14(13)17/h3-4,7,10,17H,5-6,8-9H2,1-2H3. The minimum absolute atomic E-state index is 0.0551. The van der Waals surface area contributed by atoms with Crippen molar-refractivity contribution in [3.05, 3.63) is 29.3 Å². The second-order valence-electron chi connectivity index (χ2n) is 5.33. The van der Waals surface area contributed by atoms with Gasteiger partial charge in [-0.2, -0.15) is 0 Å². The minimum Gasteiger partial charge on any atom is -0.508 e. The van der Waals surface area contributed by atoms with Gasteiger partial charge in [0.25, 0.3) is 0 Å². The number of phenolic OH excluding ortho intramolecular Hbond substituents is 1. The minimum atomic E-state index is -2.95. The van der Waals surface area contributed by atoms with Gasteiger partial charge in [-0.1, -0.05) is 0 Å². The summed E-state index contributed by atoms with van der Waals surface area (Å²) in [6.07, 6.45) is 0. The van der Waals surface area contributed by atoms with Crippen molar-refractivity contribution in [3.63, 3.8) is 0 Å². The summed E-state index contributed by atoms with van der Waals surface area (Å²) < 4.78 is 23.1. The van der Waals surface area contributed by atoms with Crippen LogP contribution in [0.5, 0.6) is 5.75 Å². The summed E-state index contributed by atoms with van der Waals surface area (Å²) in [4.78, 5) is 13.4. The predicted octanol–water partition coefficient (Wildman–Crippen LogP) is 1.21. The topological polar surface area (TPSA) is 74.7 Å². The van der Waals surface area contributed by atoms with Gasteiger partial charge in [0.15, 0.2) is 15.6 Å². The average molecular weight is 297 g/mol. The summed E-state index contributed by atoms with van der Waals surface area (Å²) in [5.74, 6) is 0.362. The fourth-order valence-corrected chi connectivity index (χ4v) is 4.04. The maximum Gasteiger partial charge on any atom is 0.159 e. The van der Waals surface area contributed by atoms with E-state index in [2.05, 4.69) is 0 Å². The van der Waals surface area contributed by atoms with Crippen LogP contribution in [0.25, 0.3) is 0 Å². The van der Waals surface area contributed by atoms with Crippen molar-refractivity contribution in [2.24, 2.45) is 0 Å². The van der Waals surface area contributed by atoms with Crippen molar-refractivity contribution >= 4 is 15.6 Å². The quantitative estimate of drug-likeness (QED) is 0.849. The molecule has 2 rings (SSSR count). The molecule has 110 valence electrons. The molecule has 0 aromatic heterocycles. The fourth-order valence-electron chi connectivity index (χ4n) is 2.42. The van der Waals surface area contributed by atoms with E-state index in [1.807, 2.05) is 11.8 Å². The van der Waals surface area contributed by atoms with Gasteiger partial charge in [0.05, 0.1) is 11.5 Å². The summed E-state index contributed by atoms with van der Waals surface area (Å²) in [5.41, 5.74) is 1.21. The Morgan fingerprint density at radius 3 is 2.75 bits per heavy atom. The van der Waals surface area contributed by atoms with Crippen LogP contribution in [0.4, 0.5) is 0 Å². The van der Waals surface area contributed by atoms with Gasteiger partial charge < -0.3 is 5.11 Å². The van der Waals surface area contributed by atoms with Gasteiger partial charge in [-0.05, 0) is 32.0 Å². The van der Waals surface area contributed by atoms with Crippen LogP contribution in [-0.2, 0) is 16.4 Å². The molecule has 0 bridgehead atoms. The number of rotatable bonds is 3. The van der Waals surface area contributed by atoms with E-state index in [0.29, 0.717) is 24.2 Å². The van der Waals surface area contributed by atoms with Crippen LogP contribution in [0.15, 0.2) is 18.2 Å². The highest BCUT2D eigenvalue weighted by molar-refractivity contribution is 7.91. The van der Waals surface area contributed by atoms with Crippen molar-refractivity contribution in [1.29, 1.82) is 0 Å². The molecule has 1 aromatic rings. The fraction of sp³-hybridized carbons (Fsp3) is 0.500. The lowest BCUT2D eigenvalue weighted by atomic mass is 10.1. The Balaban J connectivity index is 2.18. The third-order valence-electron chi connectivity index (χ3n) is 3.67. The Kier molecular flexibility index (Phi) is 4.15. The van der Waals surface area contributed by atoms with Crippen LogP contribution < -0.4 is 0 Å². The molecular weight excluding hydrogens is 278 g/mol. The molecule has 1 fully saturated rings. The first kappa shape index (κ1) is 15.0. The van der Waals surface area contributed by atoms with E-state index < -0.39 is 9.84 Å². The number of hydrogen-bond donors (Lipinski definition) is 1. The number of ketones is 1. The highest BCUT2D eigenvalue weighted by Crippen LogP contribution is 2.23. The molecule has 5 nitrogen and oxygen atoms in total. The van der Waals surface area contributed by atoms with Crippen LogP contribution in [0, 0.1) is 0 Å². The van der Waals surface area contributed by atoms with Crippen LogP contribution >= 0.6 is 0 Å². The molecule has 1 aromatic carbocycles. The van der Waals surface area contributed by atoms with E-state index in [1.54, 1.807) is 12.1 Å². The monoisotopic (exact) mass is 297 g/mol. The van der Waals surface area contributed by atoms with Gasteiger partial charge in [0.2, 0.25) is 0 Å². The maximum absolute atomic E-state index is 11.5. The molecule has 1 atom stereocenters. The number of carbonyl (C=O) groups is 1. The number of benzene rings is 1. The number of Topliss-reactive ketones (excluding diaryl/α,β-unsaturated/α-hetero) is 1. The number of sulfone groups is 1. The molecule has 0 radical (unpaired) electrons. The van der Waals surface area contributed by atoms with Crippen molar-refractivity contribution in [2.45, 2.75) is 26.4 Å². The Morgan fingerprint density at radius 1 is 1.45 bits per heavy atom. The number of nitrogens with zero attached hydrogens (tertiary/aromatic N) is 1. The molecule has 1 heterocycles. The zero-order valence-corrected chi connectivity index (χ0v) is 12.5. The Bertz CT molecular complexity index is 624. The second-order valence-corrected chi connectivity index (χ2v) is 7.56. The zero-order valence-electron chi connectivity index (χ0n) is 11.7. The molecule has 1 aliphatic heterocycles. The van der Waals surface area contributed by atoms with Crippen molar-refractivity contribution < 1.29 is 18.3 Å². The van der Waals surface area contributed by atoms with Crippen molar-refractivity contribution in [1.82, 2.24) is 4.90 Å². The Morgan fingerprint density at radius 2 is 2.15 bits per heavy atom. The summed E-state index contributed by atoms with van der Waals surface area (Å²) >= 11 is 0. The highest BCUT2D eigenvalue weighted by atomic mass is 32.2. The Labute approximate surface area is 119 Å². The first-order valence-electron chi connectivity index (χ1n) is 6.56. The maximum atomic E-state index is 11.5. The van der Waals surface area contributed by atoms with E-state index in [0.717, 1.165) is 0 Å². The first-order valence-corrected chi connectivity index (χ1v) is 8.38. The van der Waals surface area contributed by atoms with Crippen LogP contribution in [0.1, 0.15) is 29.8 Å². The summed E-state index contributed by atoms with van der Waals surface area (Å²) in [6.45, 7) is 4.24.